The molecule has 0 saturated heterocycles. The smallest absolute Gasteiger partial charge is 0.341 e. The monoisotopic (exact) mass is 397 g/mol. The Labute approximate surface area is 166 Å². The average molecular weight is 397 g/mol. The summed E-state index contributed by atoms with van der Waals surface area (Å²) >= 11 is 1.38. The van der Waals surface area contributed by atoms with Gasteiger partial charge in [-0.15, -0.1) is 21.6 Å². The molecule has 0 fully saturated rings. The standard InChI is InChI=1S/C20H19N3O4S/c1-5-27-20(26)18-12(3)13(4)28-19(18)22-21-14-6-7-15(11(2)10-14)23-16(24)8-9-17(23)25/h6-10H,5H2,1-4H3. The first kappa shape index (κ1) is 19.6. The van der Waals surface area contributed by atoms with Crippen LogP contribution in [0.1, 0.15) is 33.3 Å². The maximum atomic E-state index is 12.2. The van der Waals surface area contributed by atoms with E-state index in [0.717, 1.165) is 15.3 Å². The summed E-state index contributed by atoms with van der Waals surface area (Å²) in [7, 11) is 0. The molecule has 2 amide bonds. The Morgan fingerprint density at radius 3 is 2.39 bits per heavy atom. The number of amides is 2. The molecule has 2 aromatic rings. The van der Waals surface area contributed by atoms with Crippen molar-refractivity contribution < 1.29 is 19.1 Å². The van der Waals surface area contributed by atoms with E-state index < -0.39 is 5.97 Å². The predicted molar refractivity (Wildman–Crippen MR) is 107 cm³/mol. The van der Waals surface area contributed by atoms with Gasteiger partial charge in [0.1, 0.15) is 5.56 Å². The van der Waals surface area contributed by atoms with Crippen molar-refractivity contribution in [1.29, 1.82) is 0 Å². The minimum Gasteiger partial charge on any atom is -0.462 e. The largest absolute Gasteiger partial charge is 0.462 e. The third-order valence-corrected chi connectivity index (χ3v) is 5.42. The lowest BCUT2D eigenvalue weighted by molar-refractivity contribution is -0.120. The molecule has 0 bridgehead atoms. The SMILES string of the molecule is CCOC(=O)c1c(N=Nc2ccc(N3C(=O)C=CC3=O)c(C)c2)sc(C)c1C. The van der Waals surface area contributed by atoms with Gasteiger partial charge in [-0.25, -0.2) is 9.69 Å². The summed E-state index contributed by atoms with van der Waals surface area (Å²) in [4.78, 5) is 38.0. The van der Waals surface area contributed by atoms with Gasteiger partial charge in [0.25, 0.3) is 11.8 Å². The van der Waals surface area contributed by atoms with Crippen molar-refractivity contribution in [3.05, 3.63) is 51.9 Å². The van der Waals surface area contributed by atoms with E-state index in [1.165, 1.54) is 23.5 Å². The second kappa shape index (κ2) is 7.85. The molecule has 0 saturated carbocycles. The van der Waals surface area contributed by atoms with Crippen LogP contribution in [0.4, 0.5) is 16.4 Å². The minimum absolute atomic E-state index is 0.285. The fourth-order valence-electron chi connectivity index (χ4n) is 2.82. The number of imide groups is 1. The predicted octanol–water partition coefficient (Wildman–Crippen LogP) is 4.69. The van der Waals surface area contributed by atoms with Crippen molar-refractivity contribution in [2.75, 3.05) is 11.5 Å². The van der Waals surface area contributed by atoms with E-state index in [1.54, 1.807) is 32.0 Å². The van der Waals surface area contributed by atoms with Gasteiger partial charge in [0.15, 0.2) is 5.00 Å². The van der Waals surface area contributed by atoms with Crippen molar-refractivity contribution in [3.8, 4) is 0 Å². The Morgan fingerprint density at radius 2 is 1.79 bits per heavy atom. The number of esters is 1. The molecule has 7 nitrogen and oxygen atoms in total. The normalized spacial score (nSPS) is 13.8. The minimum atomic E-state index is -0.414. The molecular weight excluding hydrogens is 378 g/mol. The number of rotatable bonds is 5. The molecule has 1 aliphatic heterocycles. The first-order chi connectivity index (χ1) is 13.3. The van der Waals surface area contributed by atoms with Gasteiger partial charge in [0.2, 0.25) is 0 Å². The zero-order valence-corrected chi connectivity index (χ0v) is 16.8. The van der Waals surface area contributed by atoms with Crippen molar-refractivity contribution in [2.45, 2.75) is 27.7 Å². The van der Waals surface area contributed by atoms with Crippen molar-refractivity contribution in [2.24, 2.45) is 10.2 Å². The Bertz CT molecular complexity index is 1020. The van der Waals surface area contributed by atoms with Gasteiger partial charge in [-0.2, -0.15) is 0 Å². The maximum absolute atomic E-state index is 12.2. The Kier molecular flexibility index (Phi) is 5.51. The van der Waals surface area contributed by atoms with E-state index in [2.05, 4.69) is 10.2 Å². The van der Waals surface area contributed by atoms with Crippen LogP contribution in [-0.4, -0.2) is 24.4 Å². The lowest BCUT2D eigenvalue weighted by Gasteiger charge is -2.16. The van der Waals surface area contributed by atoms with Crippen molar-refractivity contribution >= 4 is 45.5 Å². The summed E-state index contributed by atoms with van der Waals surface area (Å²) < 4.78 is 5.12. The highest BCUT2D eigenvalue weighted by Crippen LogP contribution is 2.37. The summed E-state index contributed by atoms with van der Waals surface area (Å²) in [6.45, 7) is 7.60. The summed E-state index contributed by atoms with van der Waals surface area (Å²) in [6, 6.07) is 5.06. The highest BCUT2D eigenvalue weighted by Gasteiger charge is 2.26. The number of hydrogen-bond acceptors (Lipinski definition) is 7. The Hall–Kier alpha value is -3.13. The van der Waals surface area contributed by atoms with Gasteiger partial charge in [0, 0.05) is 17.0 Å². The molecule has 1 aromatic heterocycles. The van der Waals surface area contributed by atoms with Crippen LogP contribution in [0.2, 0.25) is 0 Å². The molecule has 144 valence electrons. The van der Waals surface area contributed by atoms with Gasteiger partial charge in [-0.3, -0.25) is 9.59 Å². The summed E-state index contributed by atoms with van der Waals surface area (Å²) in [5, 5.41) is 8.96. The van der Waals surface area contributed by atoms with Gasteiger partial charge in [-0.05, 0) is 57.0 Å². The second-order valence-corrected chi connectivity index (χ2v) is 7.40. The summed E-state index contributed by atoms with van der Waals surface area (Å²) in [5.74, 6) is -1.15. The van der Waals surface area contributed by atoms with Crippen LogP contribution in [0, 0.1) is 20.8 Å². The summed E-state index contributed by atoms with van der Waals surface area (Å²) in [6.07, 6.45) is 2.49. The quantitative estimate of drug-likeness (QED) is 0.416. The second-order valence-electron chi connectivity index (χ2n) is 6.20. The number of thiophene rings is 1. The lowest BCUT2D eigenvalue weighted by atomic mass is 10.1. The van der Waals surface area contributed by atoms with Gasteiger partial charge in [-0.1, -0.05) is 0 Å². The first-order valence-electron chi connectivity index (χ1n) is 8.69. The third kappa shape index (κ3) is 3.63. The zero-order valence-electron chi connectivity index (χ0n) is 16.0. The van der Waals surface area contributed by atoms with Crippen molar-refractivity contribution in [3.63, 3.8) is 0 Å². The van der Waals surface area contributed by atoms with Crippen LogP contribution in [0.5, 0.6) is 0 Å². The van der Waals surface area contributed by atoms with Crippen LogP contribution in [0.3, 0.4) is 0 Å². The molecule has 0 aliphatic carbocycles. The highest BCUT2D eigenvalue weighted by molar-refractivity contribution is 7.16. The Balaban J connectivity index is 1.89. The van der Waals surface area contributed by atoms with E-state index in [9.17, 15) is 14.4 Å². The van der Waals surface area contributed by atoms with E-state index in [1.807, 2.05) is 13.8 Å². The topological polar surface area (TPSA) is 88.4 Å². The van der Waals surface area contributed by atoms with Crippen LogP contribution in [-0.2, 0) is 14.3 Å². The molecule has 3 rings (SSSR count). The molecule has 0 radical (unpaired) electrons. The van der Waals surface area contributed by atoms with Crippen LogP contribution < -0.4 is 4.90 Å². The first-order valence-corrected chi connectivity index (χ1v) is 9.50. The molecule has 28 heavy (non-hydrogen) atoms. The number of benzene rings is 1. The fraction of sp³-hybridized carbons (Fsp3) is 0.250. The van der Waals surface area contributed by atoms with Crippen LogP contribution >= 0.6 is 11.3 Å². The summed E-state index contributed by atoms with van der Waals surface area (Å²) in [5.41, 5.74) is 3.04. The number of anilines is 1. The van der Waals surface area contributed by atoms with Crippen LogP contribution in [0.15, 0.2) is 40.6 Å². The Morgan fingerprint density at radius 1 is 1.11 bits per heavy atom. The molecule has 2 heterocycles. The zero-order chi connectivity index (χ0) is 20.4. The number of ether oxygens (including phenoxy) is 1. The highest BCUT2D eigenvalue weighted by atomic mass is 32.1. The van der Waals surface area contributed by atoms with Gasteiger partial charge in [0.05, 0.1) is 18.0 Å². The molecule has 0 N–H and O–H groups in total. The lowest BCUT2D eigenvalue weighted by Crippen LogP contribution is -2.30. The molecule has 1 aliphatic rings. The molecule has 0 spiro atoms. The molecule has 8 heteroatoms. The maximum Gasteiger partial charge on any atom is 0.341 e. The van der Waals surface area contributed by atoms with E-state index in [-0.39, 0.29) is 18.4 Å². The average Bonchev–Trinajstić information content (AvgIpc) is 3.12. The molecule has 1 aromatic carbocycles. The number of nitrogens with zero attached hydrogens (tertiary/aromatic N) is 3. The number of carbonyl (C=O) groups excluding carboxylic acids is 3. The van der Waals surface area contributed by atoms with E-state index >= 15 is 0 Å². The molecule has 0 unspecified atom stereocenters. The van der Waals surface area contributed by atoms with Gasteiger partial charge >= 0.3 is 5.97 Å². The number of aryl methyl sites for hydroxylation is 2. The third-order valence-electron chi connectivity index (χ3n) is 4.33. The number of azo groups is 1. The molecular formula is C20H19N3O4S. The van der Waals surface area contributed by atoms with E-state index in [4.69, 9.17) is 4.74 Å². The fourth-order valence-corrected chi connectivity index (χ4v) is 3.78. The van der Waals surface area contributed by atoms with Gasteiger partial charge < -0.3 is 4.74 Å². The number of hydrogen-bond donors (Lipinski definition) is 0. The van der Waals surface area contributed by atoms with E-state index in [0.29, 0.717) is 27.5 Å². The van der Waals surface area contributed by atoms with Crippen LogP contribution in [0.25, 0.3) is 0 Å². The number of carbonyl (C=O) groups is 3. The molecule has 0 atom stereocenters. The van der Waals surface area contributed by atoms with Crippen molar-refractivity contribution in [1.82, 2.24) is 0 Å².